The van der Waals surface area contributed by atoms with Gasteiger partial charge >= 0.3 is 72.2 Å². The molecule has 14 nitrogen and oxygen atoms in total. The molecule has 0 heterocycles. The van der Waals surface area contributed by atoms with Crippen LogP contribution in [0.3, 0.4) is 0 Å². The molecule has 18 heteroatoms. The molecule has 0 amide bonds. The van der Waals surface area contributed by atoms with Gasteiger partial charge in [0.2, 0.25) is 0 Å². The van der Waals surface area contributed by atoms with E-state index in [2.05, 4.69) is 0 Å². The van der Waals surface area contributed by atoms with E-state index < -0.39 is 28.6 Å². The van der Waals surface area contributed by atoms with Gasteiger partial charge in [0.05, 0.1) is 0 Å². The van der Waals surface area contributed by atoms with Crippen LogP contribution in [0.1, 0.15) is 0 Å². The number of hydrogen-bond donors (Lipinski definition) is 6. The third-order valence-corrected chi connectivity index (χ3v) is 0. The molecule has 0 radical (unpaired) electrons. The van der Waals surface area contributed by atoms with E-state index in [0.717, 1.165) is 0 Å². The van der Waals surface area contributed by atoms with Crippen molar-refractivity contribution in [1.82, 2.24) is 12.3 Å². The first-order chi connectivity index (χ1) is 6.00. The maximum absolute atomic E-state index is 8.74. The van der Waals surface area contributed by atoms with Gasteiger partial charge in [0.25, 0.3) is 0 Å². The first-order valence-corrected chi connectivity index (χ1v) is 6.38. The molecule has 0 unspecified atom stereocenters. The Labute approximate surface area is 145 Å². The summed E-state index contributed by atoms with van der Waals surface area (Å²) in [5.41, 5.74) is 0. The maximum Gasteiger partial charge on any atom is 1.00 e. The molecule has 0 aliphatic carbocycles. The standard InChI is InChI=1S/K.2H3N.H3O4P.2H2O4S/c;;;3*1-5(2,3)4/h;2*1H3;(H3,1,2,3,4);2*(H2,1,2,3,4)/q+1;;;;;/p-1. The molecule has 12 N–H and O–H groups in total. The largest absolute Gasteiger partial charge is 1.00 e. The minimum atomic E-state index is -5.39. The van der Waals surface area contributed by atoms with Crippen LogP contribution in [0, 0.1) is 0 Å². The molecule has 0 aliphatic heterocycles. The summed E-state index contributed by atoms with van der Waals surface area (Å²) in [7, 11) is -14.7. The fourth-order valence-corrected chi connectivity index (χ4v) is 0. The predicted octanol–water partition coefficient (Wildman–Crippen LogP) is -6.37. The van der Waals surface area contributed by atoms with Crippen LogP contribution in [-0.4, -0.2) is 35.0 Å². The first-order valence-electron chi connectivity index (χ1n) is 2.13. The zero-order valence-electron chi connectivity index (χ0n) is 9.32. The number of rotatable bonds is 0. The van der Waals surface area contributed by atoms with Crippen LogP contribution in [-0.2, 0) is 25.4 Å². The molecule has 0 saturated carbocycles. The summed E-state index contributed by atoms with van der Waals surface area (Å²) in [6.45, 7) is 0. The number of hydrogen-bond acceptors (Lipinski definition) is 8. The molecule has 0 fully saturated rings. The van der Waals surface area contributed by atoms with Crippen LogP contribution in [0.15, 0.2) is 0 Å². The number of quaternary nitrogens is 2. The monoisotopic (exact) mass is 366 g/mol. The first kappa shape index (κ1) is 36.6. The summed E-state index contributed by atoms with van der Waals surface area (Å²) in [4.78, 5) is 25.6. The van der Waals surface area contributed by atoms with Gasteiger partial charge in [0.15, 0.2) is 0 Å². The van der Waals surface area contributed by atoms with Crippen molar-refractivity contribution in [2.45, 2.75) is 0 Å². The van der Waals surface area contributed by atoms with Crippen molar-refractivity contribution >= 4 is 28.6 Å². The second-order valence-electron chi connectivity index (χ2n) is 1.34. The Morgan fingerprint density at radius 3 is 0.722 bits per heavy atom. The second-order valence-corrected chi connectivity index (χ2v) is 4.03. The third-order valence-electron chi connectivity index (χ3n) is 0. The Balaban J connectivity index is -0.0000000277. The Bertz CT molecular complexity index is 336. The van der Waals surface area contributed by atoms with E-state index in [9.17, 15) is 0 Å². The van der Waals surface area contributed by atoms with Crippen LogP contribution < -0.4 is 78.4 Å². The topological polar surface area (TPSA) is 308 Å². The van der Waals surface area contributed by atoms with Crippen molar-refractivity contribution in [3.63, 3.8) is 0 Å². The van der Waals surface area contributed by atoms with Gasteiger partial charge in [-0.15, -0.1) is 0 Å². The molecule has 0 rings (SSSR count). The van der Waals surface area contributed by atoms with Gasteiger partial charge in [-0.1, -0.05) is 0 Å². The van der Waals surface area contributed by atoms with Crippen molar-refractivity contribution < 1.29 is 106 Å². The van der Waals surface area contributed by atoms with Crippen LogP contribution in [0.5, 0.6) is 0 Å². The smallest absolute Gasteiger partial charge is 0.822 e. The van der Waals surface area contributed by atoms with Gasteiger partial charge in [0.1, 0.15) is 0 Å². The fourth-order valence-electron chi connectivity index (χ4n) is 0. The van der Waals surface area contributed by atoms with E-state index in [1.807, 2.05) is 0 Å². The summed E-state index contributed by atoms with van der Waals surface area (Å²) in [5.74, 6) is 0. The van der Waals surface area contributed by atoms with E-state index in [1.165, 1.54) is 0 Å². The summed E-state index contributed by atoms with van der Waals surface area (Å²) in [5, 5.41) is 0. The van der Waals surface area contributed by atoms with Crippen LogP contribution >= 0.6 is 7.82 Å². The molecule has 0 bridgehead atoms. The molecule has 112 valence electrons. The Morgan fingerprint density at radius 1 is 0.722 bits per heavy atom. The van der Waals surface area contributed by atoms with E-state index >= 15 is 0 Å². The summed E-state index contributed by atoms with van der Waals surface area (Å²) in [6.07, 6.45) is 0. The van der Waals surface area contributed by atoms with Gasteiger partial charge in [-0.25, -0.2) is 0 Å². The van der Waals surface area contributed by atoms with Crippen molar-refractivity contribution in [1.29, 1.82) is 0 Å². The predicted molar refractivity (Wildman–Crippen MR) is 47.9 cm³/mol. The van der Waals surface area contributed by atoms with Crippen LogP contribution in [0.25, 0.3) is 0 Å². The molecule has 0 aromatic rings. The fraction of sp³-hybridized carbons (Fsp3) is 0. The minimum Gasteiger partial charge on any atom is -0.822 e. The van der Waals surface area contributed by atoms with Crippen molar-refractivity contribution in [2.75, 3.05) is 0 Å². The average molecular weight is 366 g/mol. The van der Waals surface area contributed by atoms with Gasteiger partial charge in [-0.3, -0.25) is 18.2 Å². The quantitative estimate of drug-likeness (QED) is 0.132. The molecule has 0 aromatic carbocycles. The van der Waals surface area contributed by atoms with Crippen molar-refractivity contribution in [3.05, 3.63) is 0 Å². The zero-order chi connectivity index (χ0) is 13.5. The van der Waals surface area contributed by atoms with E-state index in [0.29, 0.717) is 0 Å². The number of phosphoric acid groups is 1. The van der Waals surface area contributed by atoms with E-state index in [-0.39, 0.29) is 63.7 Å². The Morgan fingerprint density at radius 2 is 0.722 bits per heavy atom. The molecule has 0 spiro atoms. The van der Waals surface area contributed by atoms with Crippen LogP contribution in [0.2, 0.25) is 0 Å². The Hall–Kier alpha value is 1.41. The average Bonchev–Trinajstić information content (AvgIpc) is 1.41. The minimum absolute atomic E-state index is 0. The SMILES string of the molecule is O=P([O-])([O-])[O-].O=S(=O)(O)O.O=S(=O)(O)O.[K+].[NH4+].[NH4+]. The third kappa shape index (κ3) is 2370. The summed E-state index contributed by atoms with van der Waals surface area (Å²) >= 11 is 0. The Kier molecular flexibility index (Phi) is 30.1. The summed E-state index contributed by atoms with van der Waals surface area (Å²) < 4.78 is 71.7. The van der Waals surface area contributed by atoms with E-state index in [4.69, 9.17) is 54.3 Å². The van der Waals surface area contributed by atoms with Gasteiger partial charge in [-0.05, 0) is 0 Å². The molecule has 0 saturated heterocycles. The maximum atomic E-state index is 8.74. The molecule has 0 aliphatic rings. The second kappa shape index (κ2) is 14.8. The van der Waals surface area contributed by atoms with Gasteiger partial charge in [-0.2, -0.15) is 24.7 Å². The molecular weight excluding hydrogens is 354 g/mol. The van der Waals surface area contributed by atoms with Crippen molar-refractivity contribution in [3.8, 4) is 0 Å². The molecule has 18 heavy (non-hydrogen) atoms. The van der Waals surface area contributed by atoms with Crippen LogP contribution in [0.4, 0.5) is 0 Å². The zero-order valence-corrected chi connectivity index (χ0v) is 15.0. The van der Waals surface area contributed by atoms with Gasteiger partial charge in [0, 0.05) is 0 Å². The summed E-state index contributed by atoms with van der Waals surface area (Å²) in [6, 6.07) is 0. The molecule has 0 aromatic heterocycles. The van der Waals surface area contributed by atoms with Crippen molar-refractivity contribution in [2.24, 2.45) is 0 Å². The normalized spacial score (nSPS) is 9.72. The molecule has 0 atom stereocenters. The molecular formula is H12KN2O12PS2. The van der Waals surface area contributed by atoms with Gasteiger partial charge < -0.3 is 31.5 Å². The van der Waals surface area contributed by atoms with E-state index in [1.54, 1.807) is 0 Å².